The first-order valence-electron chi connectivity index (χ1n) is 6.45. The molecule has 1 aromatic heterocycles. The molecule has 2 N–H and O–H groups in total. The first kappa shape index (κ1) is 16.0. The second kappa shape index (κ2) is 7.49. The second-order valence-corrected chi connectivity index (χ2v) is 5.36. The summed E-state index contributed by atoms with van der Waals surface area (Å²) in [4.78, 5) is 11.4. The number of thioether (sulfide) groups is 1. The van der Waals surface area contributed by atoms with Gasteiger partial charge < -0.3 is 14.8 Å². The van der Waals surface area contributed by atoms with Gasteiger partial charge in [-0.1, -0.05) is 25.6 Å². The molecule has 1 aromatic rings. The van der Waals surface area contributed by atoms with Crippen LogP contribution in [0.2, 0.25) is 0 Å². The number of aryl methyl sites for hydroxylation is 1. The van der Waals surface area contributed by atoms with Crippen LogP contribution in [0.15, 0.2) is 9.64 Å². The topological polar surface area (TPSA) is 88.3 Å². The summed E-state index contributed by atoms with van der Waals surface area (Å²) in [5.74, 6) is 0.529. The minimum atomic E-state index is -0.819. The van der Waals surface area contributed by atoms with E-state index in [0.717, 1.165) is 12.2 Å². The molecule has 0 spiro atoms. The quantitative estimate of drug-likeness (QED) is 0.531. The molecule has 19 heavy (non-hydrogen) atoms. The Kier molecular flexibility index (Phi) is 6.30. The van der Waals surface area contributed by atoms with Gasteiger partial charge in [0, 0.05) is 12.7 Å². The number of nitrogens with zero attached hydrogens (tertiary/aromatic N) is 2. The van der Waals surface area contributed by atoms with Crippen LogP contribution in [-0.4, -0.2) is 39.1 Å². The Balaban J connectivity index is 2.42. The van der Waals surface area contributed by atoms with Crippen LogP contribution < -0.4 is 5.32 Å². The Morgan fingerprint density at radius 2 is 2.21 bits per heavy atom. The number of carboxylic acid groups (broad SMARTS) is 1. The lowest BCUT2D eigenvalue weighted by atomic mass is 9.91. The van der Waals surface area contributed by atoms with Crippen molar-refractivity contribution in [1.82, 2.24) is 15.5 Å². The standard InChI is InChI=1S/C12H21N3O3S/c1-4-12(10(16)17,13-5-2)7-6-8-19-11-15-14-9(3)18-11/h13H,4-8H2,1-3H3,(H,16,17). The van der Waals surface area contributed by atoms with Crippen LogP contribution in [0, 0.1) is 6.92 Å². The molecule has 108 valence electrons. The number of hydrogen-bond donors (Lipinski definition) is 2. The van der Waals surface area contributed by atoms with E-state index >= 15 is 0 Å². The Labute approximate surface area is 117 Å². The third-order valence-electron chi connectivity index (χ3n) is 3.01. The molecule has 0 aromatic carbocycles. The summed E-state index contributed by atoms with van der Waals surface area (Å²) < 4.78 is 5.25. The van der Waals surface area contributed by atoms with Gasteiger partial charge >= 0.3 is 5.97 Å². The van der Waals surface area contributed by atoms with Crippen molar-refractivity contribution >= 4 is 17.7 Å². The van der Waals surface area contributed by atoms with Crippen LogP contribution in [0.25, 0.3) is 0 Å². The van der Waals surface area contributed by atoms with E-state index in [1.54, 1.807) is 6.92 Å². The van der Waals surface area contributed by atoms with Crippen molar-refractivity contribution in [2.24, 2.45) is 0 Å². The average Bonchev–Trinajstić information content (AvgIpc) is 2.78. The van der Waals surface area contributed by atoms with Crippen molar-refractivity contribution in [1.29, 1.82) is 0 Å². The van der Waals surface area contributed by atoms with Crippen LogP contribution in [0.4, 0.5) is 0 Å². The second-order valence-electron chi connectivity index (χ2n) is 4.31. The Bertz CT molecular complexity index is 411. The fourth-order valence-electron chi connectivity index (χ4n) is 1.93. The summed E-state index contributed by atoms with van der Waals surface area (Å²) >= 11 is 1.46. The molecule has 0 aliphatic rings. The number of carboxylic acids is 1. The third-order valence-corrected chi connectivity index (χ3v) is 3.91. The number of aromatic nitrogens is 2. The molecular weight excluding hydrogens is 266 g/mol. The van der Waals surface area contributed by atoms with Gasteiger partial charge in [0.2, 0.25) is 5.89 Å². The van der Waals surface area contributed by atoms with Gasteiger partial charge in [0.25, 0.3) is 5.22 Å². The van der Waals surface area contributed by atoms with Crippen LogP contribution in [-0.2, 0) is 4.79 Å². The van der Waals surface area contributed by atoms with E-state index in [4.69, 9.17) is 4.42 Å². The van der Waals surface area contributed by atoms with E-state index in [9.17, 15) is 9.90 Å². The van der Waals surface area contributed by atoms with Gasteiger partial charge in [-0.2, -0.15) is 0 Å². The number of carbonyl (C=O) groups is 1. The molecule has 1 heterocycles. The number of nitrogens with one attached hydrogen (secondary N) is 1. The van der Waals surface area contributed by atoms with Crippen molar-refractivity contribution in [2.45, 2.75) is 50.8 Å². The average molecular weight is 287 g/mol. The van der Waals surface area contributed by atoms with E-state index in [2.05, 4.69) is 15.5 Å². The van der Waals surface area contributed by atoms with E-state index < -0.39 is 11.5 Å². The summed E-state index contributed by atoms with van der Waals surface area (Å²) in [6.07, 6.45) is 1.94. The summed E-state index contributed by atoms with van der Waals surface area (Å²) in [6, 6.07) is 0. The molecule has 0 amide bonds. The molecule has 1 rings (SSSR count). The van der Waals surface area contributed by atoms with Crippen molar-refractivity contribution < 1.29 is 14.3 Å². The van der Waals surface area contributed by atoms with Crippen molar-refractivity contribution in [3.05, 3.63) is 5.89 Å². The highest BCUT2D eigenvalue weighted by Gasteiger charge is 2.34. The fraction of sp³-hybridized carbons (Fsp3) is 0.750. The highest BCUT2D eigenvalue weighted by molar-refractivity contribution is 7.99. The Morgan fingerprint density at radius 3 is 2.68 bits per heavy atom. The fourth-order valence-corrected chi connectivity index (χ4v) is 2.67. The van der Waals surface area contributed by atoms with Gasteiger partial charge in [0.05, 0.1) is 0 Å². The number of hydrogen-bond acceptors (Lipinski definition) is 6. The molecule has 0 aliphatic carbocycles. The number of rotatable bonds is 9. The van der Waals surface area contributed by atoms with Gasteiger partial charge in [-0.05, 0) is 25.8 Å². The molecule has 1 atom stereocenters. The highest BCUT2D eigenvalue weighted by atomic mass is 32.2. The molecule has 0 bridgehead atoms. The zero-order chi connectivity index (χ0) is 14.3. The first-order chi connectivity index (χ1) is 9.04. The van der Waals surface area contributed by atoms with Gasteiger partial charge in [-0.3, -0.25) is 4.79 Å². The maximum absolute atomic E-state index is 11.4. The molecule has 0 radical (unpaired) electrons. The van der Waals surface area contributed by atoms with Crippen LogP contribution >= 0.6 is 11.8 Å². The van der Waals surface area contributed by atoms with Gasteiger partial charge in [0.15, 0.2) is 0 Å². The maximum Gasteiger partial charge on any atom is 0.323 e. The lowest BCUT2D eigenvalue weighted by molar-refractivity contribution is -0.145. The smallest absolute Gasteiger partial charge is 0.323 e. The lowest BCUT2D eigenvalue weighted by Crippen LogP contribution is -2.51. The monoisotopic (exact) mass is 287 g/mol. The van der Waals surface area contributed by atoms with E-state index in [0.29, 0.717) is 30.5 Å². The minimum absolute atomic E-state index is 0.540. The lowest BCUT2D eigenvalue weighted by Gasteiger charge is -2.29. The molecule has 0 fully saturated rings. The van der Waals surface area contributed by atoms with E-state index in [1.807, 2.05) is 13.8 Å². The van der Waals surface area contributed by atoms with Crippen LogP contribution in [0.1, 0.15) is 39.0 Å². The predicted octanol–water partition coefficient (Wildman–Crippen LogP) is 2.09. The molecule has 6 nitrogen and oxygen atoms in total. The first-order valence-corrected chi connectivity index (χ1v) is 7.44. The van der Waals surface area contributed by atoms with Gasteiger partial charge in [-0.25, -0.2) is 0 Å². The van der Waals surface area contributed by atoms with E-state index in [-0.39, 0.29) is 0 Å². The zero-order valence-electron chi connectivity index (χ0n) is 11.6. The van der Waals surface area contributed by atoms with Crippen molar-refractivity contribution in [2.75, 3.05) is 12.3 Å². The zero-order valence-corrected chi connectivity index (χ0v) is 12.4. The number of aliphatic carboxylic acids is 1. The molecule has 7 heteroatoms. The molecule has 0 saturated heterocycles. The summed E-state index contributed by atoms with van der Waals surface area (Å²) in [6.45, 7) is 6.21. The maximum atomic E-state index is 11.4. The number of likely N-dealkylation sites (N-methyl/N-ethyl adjacent to an activating group) is 1. The summed E-state index contributed by atoms with van der Waals surface area (Å²) in [5, 5.41) is 20.6. The molecule has 1 unspecified atom stereocenters. The highest BCUT2D eigenvalue weighted by Crippen LogP contribution is 2.22. The van der Waals surface area contributed by atoms with Crippen molar-refractivity contribution in [3.8, 4) is 0 Å². The SMILES string of the molecule is CCNC(CC)(CCCSc1nnc(C)o1)C(=O)O. The van der Waals surface area contributed by atoms with Crippen LogP contribution in [0.5, 0.6) is 0 Å². The normalized spacial score (nSPS) is 14.3. The van der Waals surface area contributed by atoms with Gasteiger partial charge in [0.1, 0.15) is 5.54 Å². The Morgan fingerprint density at radius 1 is 1.47 bits per heavy atom. The third kappa shape index (κ3) is 4.50. The molecular formula is C12H21N3O3S. The molecule has 0 saturated carbocycles. The Hall–Kier alpha value is -1.08. The predicted molar refractivity (Wildman–Crippen MR) is 73.3 cm³/mol. The summed E-state index contributed by atoms with van der Waals surface area (Å²) in [7, 11) is 0. The van der Waals surface area contributed by atoms with Crippen molar-refractivity contribution in [3.63, 3.8) is 0 Å². The van der Waals surface area contributed by atoms with E-state index in [1.165, 1.54) is 11.8 Å². The molecule has 0 aliphatic heterocycles. The summed E-state index contributed by atoms with van der Waals surface area (Å²) in [5.41, 5.74) is -0.819. The minimum Gasteiger partial charge on any atom is -0.480 e. The van der Waals surface area contributed by atoms with Crippen LogP contribution in [0.3, 0.4) is 0 Å². The van der Waals surface area contributed by atoms with Gasteiger partial charge in [-0.15, -0.1) is 10.2 Å². The largest absolute Gasteiger partial charge is 0.480 e.